The molecular weight excluding hydrogens is 471 g/mol. The Hall–Kier alpha value is -1.48. The molecule has 5 nitrogen and oxygen atoms in total. The number of hydrogen-bond donors (Lipinski definition) is 2. The quantitative estimate of drug-likeness (QED) is 0.356. The lowest BCUT2D eigenvalue weighted by atomic mass is 10.1. The molecule has 27 heavy (non-hydrogen) atoms. The van der Waals surface area contributed by atoms with Gasteiger partial charge in [-0.1, -0.05) is 12.1 Å². The van der Waals surface area contributed by atoms with Crippen molar-refractivity contribution in [3.05, 3.63) is 47.3 Å². The van der Waals surface area contributed by atoms with Crippen LogP contribution in [0.5, 0.6) is 5.75 Å². The van der Waals surface area contributed by atoms with E-state index in [2.05, 4.69) is 50.2 Å². The van der Waals surface area contributed by atoms with Crippen LogP contribution in [-0.2, 0) is 6.54 Å². The van der Waals surface area contributed by atoms with E-state index in [0.717, 1.165) is 44.2 Å². The second-order valence-corrected chi connectivity index (χ2v) is 7.29. The molecule has 0 aliphatic carbocycles. The number of hydrogen-bond acceptors (Lipinski definition) is 4. The number of benzene rings is 1. The number of guanidine groups is 1. The first-order valence-corrected chi connectivity index (χ1v) is 10.1. The van der Waals surface area contributed by atoms with Crippen LogP contribution < -0.4 is 20.3 Å². The van der Waals surface area contributed by atoms with Crippen LogP contribution in [0.25, 0.3) is 0 Å². The van der Waals surface area contributed by atoms with E-state index in [4.69, 9.17) is 4.74 Å². The molecule has 7 heteroatoms. The van der Waals surface area contributed by atoms with E-state index in [9.17, 15) is 0 Å². The molecule has 0 saturated carbocycles. The maximum atomic E-state index is 5.56. The monoisotopic (exact) mass is 500 g/mol. The molecule has 148 valence electrons. The third-order valence-corrected chi connectivity index (χ3v) is 5.48. The SMILES string of the molecule is CCOc1cccc(CNC(=NC)NC2CCN(c3cccs3)CC2)c1.I. The molecule has 2 aromatic rings. The maximum Gasteiger partial charge on any atom is 0.191 e. The summed E-state index contributed by atoms with van der Waals surface area (Å²) in [6, 6.07) is 13.0. The Kier molecular flexibility index (Phi) is 9.20. The Bertz CT molecular complexity index is 700. The minimum atomic E-state index is 0. The van der Waals surface area contributed by atoms with Gasteiger partial charge in [0.05, 0.1) is 11.6 Å². The van der Waals surface area contributed by atoms with Crippen LogP contribution in [0.4, 0.5) is 5.00 Å². The van der Waals surface area contributed by atoms with Gasteiger partial charge in [-0.25, -0.2) is 0 Å². The highest BCUT2D eigenvalue weighted by atomic mass is 127. The predicted octanol–water partition coefficient (Wildman–Crippen LogP) is 4.10. The Morgan fingerprint density at radius 2 is 2.07 bits per heavy atom. The number of nitrogens with zero attached hydrogens (tertiary/aromatic N) is 2. The molecule has 1 aliphatic heterocycles. The molecule has 1 saturated heterocycles. The van der Waals surface area contributed by atoms with Gasteiger partial charge in [-0.3, -0.25) is 4.99 Å². The minimum absolute atomic E-state index is 0. The van der Waals surface area contributed by atoms with E-state index in [0.29, 0.717) is 12.6 Å². The molecule has 2 N–H and O–H groups in total. The molecule has 0 spiro atoms. The number of anilines is 1. The third-order valence-electron chi connectivity index (χ3n) is 4.55. The van der Waals surface area contributed by atoms with E-state index in [1.807, 2.05) is 37.4 Å². The molecule has 0 bridgehead atoms. The van der Waals surface area contributed by atoms with Crippen molar-refractivity contribution in [3.63, 3.8) is 0 Å². The molecule has 1 fully saturated rings. The van der Waals surface area contributed by atoms with Gasteiger partial charge in [-0.15, -0.1) is 35.3 Å². The Labute approximate surface area is 183 Å². The largest absolute Gasteiger partial charge is 0.494 e. The van der Waals surface area contributed by atoms with Gasteiger partial charge in [0.1, 0.15) is 5.75 Å². The van der Waals surface area contributed by atoms with E-state index in [1.54, 1.807) is 0 Å². The van der Waals surface area contributed by atoms with Gasteiger partial charge in [-0.2, -0.15) is 0 Å². The third kappa shape index (κ3) is 6.57. The van der Waals surface area contributed by atoms with E-state index in [-0.39, 0.29) is 24.0 Å². The van der Waals surface area contributed by atoms with Crippen LogP contribution in [-0.4, -0.2) is 38.7 Å². The summed E-state index contributed by atoms with van der Waals surface area (Å²) < 4.78 is 5.56. The second-order valence-electron chi connectivity index (χ2n) is 6.36. The van der Waals surface area contributed by atoms with Crippen LogP contribution in [0.1, 0.15) is 25.3 Å². The summed E-state index contributed by atoms with van der Waals surface area (Å²) in [6.45, 7) is 5.59. The van der Waals surface area contributed by atoms with E-state index in [1.165, 1.54) is 10.6 Å². The van der Waals surface area contributed by atoms with Crippen molar-refractivity contribution in [3.8, 4) is 5.75 Å². The highest BCUT2D eigenvalue weighted by molar-refractivity contribution is 14.0. The normalized spacial score (nSPS) is 15.2. The summed E-state index contributed by atoms with van der Waals surface area (Å²) in [7, 11) is 1.83. The lowest BCUT2D eigenvalue weighted by molar-refractivity contribution is 0.340. The van der Waals surface area contributed by atoms with Gasteiger partial charge in [0.15, 0.2) is 5.96 Å². The number of thiophene rings is 1. The molecule has 3 rings (SSSR count). The number of halogens is 1. The standard InChI is InChI=1S/C20H28N4OS.HI/c1-3-25-18-7-4-6-16(14-18)15-22-20(21-2)23-17-9-11-24(12-10-17)19-8-5-13-26-19;/h4-8,13-14,17H,3,9-12,15H2,1-2H3,(H2,21,22,23);1H. The topological polar surface area (TPSA) is 48.9 Å². The van der Waals surface area contributed by atoms with Crippen LogP contribution >= 0.6 is 35.3 Å². The Balaban J connectivity index is 0.00000261. The predicted molar refractivity (Wildman–Crippen MR) is 126 cm³/mol. The van der Waals surface area contributed by atoms with E-state index < -0.39 is 0 Å². The van der Waals surface area contributed by atoms with Crippen LogP contribution in [0.15, 0.2) is 46.8 Å². The van der Waals surface area contributed by atoms with Crippen molar-refractivity contribution < 1.29 is 4.74 Å². The first-order valence-electron chi connectivity index (χ1n) is 9.26. The average molecular weight is 500 g/mol. The molecule has 0 unspecified atom stereocenters. The van der Waals surface area contributed by atoms with Crippen molar-refractivity contribution in [1.82, 2.24) is 10.6 Å². The van der Waals surface area contributed by atoms with Crippen molar-refractivity contribution >= 4 is 46.3 Å². The van der Waals surface area contributed by atoms with Crippen molar-refractivity contribution in [2.75, 3.05) is 31.6 Å². The highest BCUT2D eigenvalue weighted by Gasteiger charge is 2.20. The fraction of sp³-hybridized carbons (Fsp3) is 0.450. The van der Waals surface area contributed by atoms with Gasteiger partial charge in [0.2, 0.25) is 0 Å². The van der Waals surface area contributed by atoms with Crippen molar-refractivity contribution in [1.29, 1.82) is 0 Å². The first kappa shape index (κ1) is 21.8. The molecular formula is C20H29IN4OS. The molecule has 0 amide bonds. The molecule has 1 aromatic carbocycles. The molecule has 1 aliphatic rings. The lowest BCUT2D eigenvalue weighted by Gasteiger charge is -2.33. The Morgan fingerprint density at radius 1 is 1.26 bits per heavy atom. The van der Waals surface area contributed by atoms with Gasteiger partial charge in [0, 0.05) is 32.7 Å². The summed E-state index contributed by atoms with van der Waals surface area (Å²) in [5, 5.41) is 10.5. The summed E-state index contributed by atoms with van der Waals surface area (Å²) in [6.07, 6.45) is 2.25. The van der Waals surface area contributed by atoms with E-state index >= 15 is 0 Å². The highest BCUT2D eigenvalue weighted by Crippen LogP contribution is 2.24. The van der Waals surface area contributed by atoms with Crippen molar-refractivity contribution in [2.45, 2.75) is 32.4 Å². The average Bonchev–Trinajstić information content (AvgIpc) is 3.21. The Morgan fingerprint density at radius 3 is 2.74 bits per heavy atom. The van der Waals surface area contributed by atoms with Crippen LogP contribution in [0.2, 0.25) is 0 Å². The van der Waals surface area contributed by atoms with Gasteiger partial charge in [-0.05, 0) is 55.0 Å². The van der Waals surface area contributed by atoms with Crippen LogP contribution in [0, 0.1) is 0 Å². The van der Waals surface area contributed by atoms with Gasteiger partial charge < -0.3 is 20.3 Å². The fourth-order valence-corrected chi connectivity index (χ4v) is 3.97. The summed E-state index contributed by atoms with van der Waals surface area (Å²) >= 11 is 1.82. The van der Waals surface area contributed by atoms with Crippen LogP contribution in [0.3, 0.4) is 0 Å². The first-order chi connectivity index (χ1) is 12.8. The molecule has 2 heterocycles. The van der Waals surface area contributed by atoms with Gasteiger partial charge in [0.25, 0.3) is 0 Å². The number of rotatable bonds is 6. The van der Waals surface area contributed by atoms with Gasteiger partial charge >= 0.3 is 0 Å². The number of ether oxygens (including phenoxy) is 1. The summed E-state index contributed by atoms with van der Waals surface area (Å²) in [5.74, 6) is 1.78. The molecule has 0 atom stereocenters. The second kappa shape index (κ2) is 11.4. The summed E-state index contributed by atoms with van der Waals surface area (Å²) in [5.41, 5.74) is 1.19. The number of aliphatic imine (C=N–C) groups is 1. The smallest absolute Gasteiger partial charge is 0.191 e. The zero-order valence-electron chi connectivity index (χ0n) is 16.0. The number of piperidine rings is 1. The molecule has 1 aromatic heterocycles. The summed E-state index contributed by atoms with van der Waals surface area (Å²) in [4.78, 5) is 6.85. The fourth-order valence-electron chi connectivity index (χ4n) is 3.18. The molecule has 0 radical (unpaired) electrons. The zero-order chi connectivity index (χ0) is 18.2. The maximum absolute atomic E-state index is 5.56. The van der Waals surface area contributed by atoms with Crippen molar-refractivity contribution in [2.24, 2.45) is 4.99 Å². The number of nitrogens with one attached hydrogen (secondary N) is 2. The lowest BCUT2D eigenvalue weighted by Crippen LogP contribution is -2.48. The minimum Gasteiger partial charge on any atom is -0.494 e. The zero-order valence-corrected chi connectivity index (χ0v) is 19.1.